The summed E-state index contributed by atoms with van der Waals surface area (Å²) in [5.74, 6) is -1.63. The molecule has 2 aromatic rings. The van der Waals surface area contributed by atoms with E-state index in [1.807, 2.05) is 19.9 Å². The lowest BCUT2D eigenvalue weighted by molar-refractivity contribution is -0.148. The summed E-state index contributed by atoms with van der Waals surface area (Å²) in [4.78, 5) is 47.4. The SMILES string of the molecule is Cc1cccc(NC(=O)NC(=O)COC(=O)CCCNC(=O)c2ccc(Cl)cc2)c1C. The Morgan fingerprint density at radius 2 is 1.71 bits per heavy atom. The molecule has 9 heteroatoms. The van der Waals surface area contributed by atoms with Gasteiger partial charge in [0.15, 0.2) is 6.61 Å². The molecule has 4 amide bonds. The molecule has 0 atom stereocenters. The van der Waals surface area contributed by atoms with Crippen molar-refractivity contribution in [3.63, 3.8) is 0 Å². The second-order valence-electron chi connectivity index (χ2n) is 6.78. The van der Waals surface area contributed by atoms with Gasteiger partial charge < -0.3 is 15.4 Å². The van der Waals surface area contributed by atoms with Crippen molar-refractivity contribution in [2.24, 2.45) is 0 Å². The van der Waals surface area contributed by atoms with Crippen LogP contribution < -0.4 is 16.0 Å². The van der Waals surface area contributed by atoms with Gasteiger partial charge in [-0.2, -0.15) is 0 Å². The van der Waals surface area contributed by atoms with Crippen molar-refractivity contribution in [2.75, 3.05) is 18.5 Å². The Morgan fingerprint density at radius 3 is 2.42 bits per heavy atom. The number of hydrogen-bond acceptors (Lipinski definition) is 5. The summed E-state index contributed by atoms with van der Waals surface area (Å²) >= 11 is 5.77. The number of anilines is 1. The molecule has 3 N–H and O–H groups in total. The molecular formula is C22H24ClN3O5. The zero-order chi connectivity index (χ0) is 22.8. The van der Waals surface area contributed by atoms with Gasteiger partial charge in [0, 0.05) is 29.2 Å². The van der Waals surface area contributed by atoms with Gasteiger partial charge in [-0.3, -0.25) is 19.7 Å². The van der Waals surface area contributed by atoms with Crippen LogP contribution in [0.2, 0.25) is 5.02 Å². The Hall–Kier alpha value is -3.39. The minimum Gasteiger partial charge on any atom is -0.456 e. The Balaban J connectivity index is 1.62. The van der Waals surface area contributed by atoms with Crippen LogP contribution in [0.1, 0.15) is 34.3 Å². The summed E-state index contributed by atoms with van der Waals surface area (Å²) in [5, 5.41) is 7.89. The highest BCUT2D eigenvalue weighted by Crippen LogP contribution is 2.17. The summed E-state index contributed by atoms with van der Waals surface area (Å²) in [7, 11) is 0. The first-order valence-corrected chi connectivity index (χ1v) is 10.0. The lowest BCUT2D eigenvalue weighted by atomic mass is 10.1. The molecule has 2 aromatic carbocycles. The molecule has 0 unspecified atom stereocenters. The summed E-state index contributed by atoms with van der Waals surface area (Å²) < 4.78 is 4.84. The Morgan fingerprint density at radius 1 is 1.00 bits per heavy atom. The first kappa shape index (κ1) is 23.9. The molecule has 0 aromatic heterocycles. The standard InChI is InChI=1S/C22H24ClN3O5/c1-14-5-3-6-18(15(14)2)25-22(30)26-19(27)13-31-20(28)7-4-12-24-21(29)16-8-10-17(23)11-9-16/h3,5-6,8-11H,4,7,12-13H2,1-2H3,(H,24,29)(H2,25,26,27,30). The van der Waals surface area contributed by atoms with Crippen molar-refractivity contribution in [1.82, 2.24) is 10.6 Å². The van der Waals surface area contributed by atoms with E-state index in [1.54, 1.807) is 36.4 Å². The molecule has 31 heavy (non-hydrogen) atoms. The fourth-order valence-electron chi connectivity index (χ4n) is 2.56. The van der Waals surface area contributed by atoms with Gasteiger partial charge >= 0.3 is 12.0 Å². The van der Waals surface area contributed by atoms with Crippen molar-refractivity contribution < 1.29 is 23.9 Å². The lowest BCUT2D eigenvalue weighted by Crippen LogP contribution is -2.37. The van der Waals surface area contributed by atoms with E-state index in [9.17, 15) is 19.2 Å². The number of urea groups is 1. The monoisotopic (exact) mass is 445 g/mol. The number of carbonyl (C=O) groups is 4. The molecule has 0 fully saturated rings. The van der Waals surface area contributed by atoms with Crippen molar-refractivity contribution in [3.8, 4) is 0 Å². The number of benzene rings is 2. The zero-order valence-electron chi connectivity index (χ0n) is 17.3. The lowest BCUT2D eigenvalue weighted by Gasteiger charge is -2.11. The predicted molar refractivity (Wildman–Crippen MR) is 117 cm³/mol. The number of halogens is 1. The second kappa shape index (κ2) is 11.7. The second-order valence-corrected chi connectivity index (χ2v) is 7.21. The molecule has 2 rings (SSSR count). The van der Waals surface area contributed by atoms with Crippen LogP contribution in [0, 0.1) is 13.8 Å². The number of rotatable bonds is 8. The third-order valence-electron chi connectivity index (χ3n) is 4.42. The molecule has 0 saturated heterocycles. The van der Waals surface area contributed by atoms with E-state index in [-0.39, 0.29) is 18.9 Å². The maximum atomic E-state index is 11.9. The smallest absolute Gasteiger partial charge is 0.325 e. The molecule has 0 aliphatic rings. The zero-order valence-corrected chi connectivity index (χ0v) is 18.0. The van der Waals surface area contributed by atoms with Crippen LogP contribution in [0.4, 0.5) is 10.5 Å². The van der Waals surface area contributed by atoms with E-state index in [2.05, 4.69) is 16.0 Å². The van der Waals surface area contributed by atoms with Gasteiger partial charge in [-0.05, 0) is 61.7 Å². The summed E-state index contributed by atoms with van der Waals surface area (Å²) in [6.45, 7) is 3.45. The average molecular weight is 446 g/mol. The molecular weight excluding hydrogens is 422 g/mol. The molecule has 0 heterocycles. The number of amides is 4. The van der Waals surface area contributed by atoms with E-state index >= 15 is 0 Å². The van der Waals surface area contributed by atoms with Gasteiger partial charge in [-0.15, -0.1) is 0 Å². The Labute approximate surface area is 185 Å². The number of carbonyl (C=O) groups excluding carboxylic acids is 4. The number of aryl methyl sites for hydroxylation is 1. The van der Waals surface area contributed by atoms with Gasteiger partial charge in [0.05, 0.1) is 0 Å². The van der Waals surface area contributed by atoms with Gasteiger partial charge in [-0.25, -0.2) is 4.79 Å². The van der Waals surface area contributed by atoms with Crippen LogP contribution in [0.15, 0.2) is 42.5 Å². The number of imide groups is 1. The molecule has 0 aliphatic carbocycles. The highest BCUT2D eigenvalue weighted by molar-refractivity contribution is 6.30. The molecule has 0 aliphatic heterocycles. The summed E-state index contributed by atoms with van der Waals surface area (Å²) in [6, 6.07) is 11.1. The normalized spacial score (nSPS) is 10.2. The molecule has 164 valence electrons. The van der Waals surface area contributed by atoms with Gasteiger partial charge in [0.2, 0.25) is 0 Å². The van der Waals surface area contributed by atoms with E-state index in [4.69, 9.17) is 16.3 Å². The fourth-order valence-corrected chi connectivity index (χ4v) is 2.68. The maximum absolute atomic E-state index is 11.9. The summed E-state index contributed by atoms with van der Waals surface area (Å²) in [6.07, 6.45) is 0.357. The molecule has 0 bridgehead atoms. The Kier molecular flexibility index (Phi) is 9.02. The summed E-state index contributed by atoms with van der Waals surface area (Å²) in [5.41, 5.74) is 2.94. The maximum Gasteiger partial charge on any atom is 0.325 e. The van der Waals surface area contributed by atoms with Crippen LogP contribution >= 0.6 is 11.6 Å². The topological polar surface area (TPSA) is 114 Å². The van der Waals surface area contributed by atoms with E-state index < -0.39 is 24.5 Å². The van der Waals surface area contributed by atoms with Gasteiger partial charge in [0.1, 0.15) is 0 Å². The van der Waals surface area contributed by atoms with Crippen molar-refractivity contribution in [3.05, 3.63) is 64.2 Å². The number of nitrogens with one attached hydrogen (secondary N) is 3. The third-order valence-corrected chi connectivity index (χ3v) is 4.67. The average Bonchev–Trinajstić information content (AvgIpc) is 2.73. The first-order chi connectivity index (χ1) is 14.8. The fraction of sp³-hybridized carbons (Fsp3) is 0.273. The molecule has 0 spiro atoms. The van der Waals surface area contributed by atoms with Gasteiger partial charge in [0.25, 0.3) is 11.8 Å². The minimum atomic E-state index is -0.743. The Bertz CT molecular complexity index is 960. The van der Waals surface area contributed by atoms with Crippen LogP contribution in [-0.4, -0.2) is 37.0 Å². The number of ether oxygens (including phenoxy) is 1. The van der Waals surface area contributed by atoms with Crippen LogP contribution in [0.5, 0.6) is 0 Å². The van der Waals surface area contributed by atoms with Crippen LogP contribution in [0.25, 0.3) is 0 Å². The van der Waals surface area contributed by atoms with Crippen LogP contribution in [0.3, 0.4) is 0 Å². The molecule has 8 nitrogen and oxygen atoms in total. The van der Waals surface area contributed by atoms with Crippen molar-refractivity contribution in [1.29, 1.82) is 0 Å². The minimum absolute atomic E-state index is 0.0167. The van der Waals surface area contributed by atoms with E-state index in [0.717, 1.165) is 11.1 Å². The highest BCUT2D eigenvalue weighted by Gasteiger charge is 2.12. The van der Waals surface area contributed by atoms with Crippen molar-refractivity contribution >= 4 is 41.1 Å². The number of esters is 1. The first-order valence-electron chi connectivity index (χ1n) is 9.62. The molecule has 0 saturated carbocycles. The highest BCUT2D eigenvalue weighted by atomic mass is 35.5. The quantitative estimate of drug-likeness (QED) is 0.426. The largest absolute Gasteiger partial charge is 0.456 e. The third kappa shape index (κ3) is 8.10. The van der Waals surface area contributed by atoms with E-state index in [1.165, 1.54) is 0 Å². The van der Waals surface area contributed by atoms with Crippen molar-refractivity contribution in [2.45, 2.75) is 26.7 Å². The van der Waals surface area contributed by atoms with Gasteiger partial charge in [-0.1, -0.05) is 23.7 Å². The van der Waals surface area contributed by atoms with Crippen LogP contribution in [-0.2, 0) is 14.3 Å². The van der Waals surface area contributed by atoms with E-state index in [0.29, 0.717) is 22.7 Å². The number of hydrogen-bond donors (Lipinski definition) is 3. The molecule has 0 radical (unpaired) electrons. The predicted octanol–water partition coefficient (Wildman–Crippen LogP) is 3.36.